The lowest BCUT2D eigenvalue weighted by Crippen LogP contribution is -2.54. The normalized spacial score (nSPS) is 22.3. The Balaban J connectivity index is 2.22. The van der Waals surface area contributed by atoms with Crippen molar-refractivity contribution in [1.29, 1.82) is 0 Å². The van der Waals surface area contributed by atoms with Crippen molar-refractivity contribution in [1.82, 2.24) is 4.90 Å². The Bertz CT molecular complexity index is 559. The minimum atomic E-state index is -4.23. The van der Waals surface area contributed by atoms with Crippen molar-refractivity contribution in [2.24, 2.45) is 0 Å². The fraction of sp³-hybridized carbons (Fsp3) is 0.588. The summed E-state index contributed by atoms with van der Waals surface area (Å²) in [6.45, 7) is 3.89. The maximum Gasteiger partial charge on any atom is 0.406 e. The summed E-state index contributed by atoms with van der Waals surface area (Å²) in [6.07, 6.45) is -2.88. The first-order valence-electron chi connectivity index (χ1n) is 7.97. The highest BCUT2D eigenvalue weighted by Crippen LogP contribution is 2.46. The first kappa shape index (κ1) is 17.8. The van der Waals surface area contributed by atoms with E-state index in [1.54, 1.807) is 36.1 Å². The van der Waals surface area contributed by atoms with Crippen LogP contribution in [0.5, 0.6) is 0 Å². The Hall–Kier alpha value is -1.56. The summed E-state index contributed by atoms with van der Waals surface area (Å²) in [5, 5.41) is 2.67. The molecule has 0 aromatic heterocycles. The Morgan fingerprint density at radius 1 is 1.39 bits per heavy atom. The quantitative estimate of drug-likeness (QED) is 0.872. The van der Waals surface area contributed by atoms with E-state index >= 15 is 0 Å². The molecule has 1 fully saturated rings. The van der Waals surface area contributed by atoms with E-state index in [2.05, 4.69) is 5.32 Å². The van der Waals surface area contributed by atoms with Gasteiger partial charge in [-0.05, 0) is 43.5 Å². The highest BCUT2D eigenvalue weighted by molar-refractivity contribution is 5.88. The number of benzene rings is 1. The number of anilines is 1. The van der Waals surface area contributed by atoms with Crippen molar-refractivity contribution >= 4 is 11.6 Å². The van der Waals surface area contributed by atoms with Crippen LogP contribution in [0.3, 0.4) is 0 Å². The van der Waals surface area contributed by atoms with Crippen LogP contribution in [0.15, 0.2) is 24.3 Å². The number of halogens is 3. The molecule has 1 aliphatic rings. The summed E-state index contributed by atoms with van der Waals surface area (Å²) in [6, 6.07) is 7.03. The Morgan fingerprint density at radius 3 is 2.74 bits per heavy atom. The molecule has 0 unspecified atom stereocenters. The van der Waals surface area contributed by atoms with E-state index in [0.717, 1.165) is 5.56 Å². The molecule has 0 spiro atoms. The molecule has 0 aliphatic carbocycles. The van der Waals surface area contributed by atoms with Crippen molar-refractivity contribution in [2.75, 3.05) is 11.9 Å². The van der Waals surface area contributed by atoms with Crippen LogP contribution in [0.2, 0.25) is 0 Å². The summed E-state index contributed by atoms with van der Waals surface area (Å²) >= 11 is 0. The highest BCUT2D eigenvalue weighted by Gasteiger charge is 2.59. The van der Waals surface area contributed by atoms with Gasteiger partial charge in [0.1, 0.15) is 5.54 Å². The minimum absolute atomic E-state index is 0.127. The van der Waals surface area contributed by atoms with Crippen molar-refractivity contribution in [3.05, 3.63) is 29.8 Å². The van der Waals surface area contributed by atoms with Gasteiger partial charge >= 0.3 is 6.18 Å². The van der Waals surface area contributed by atoms with Gasteiger partial charge in [0.15, 0.2) is 0 Å². The molecule has 128 valence electrons. The molecule has 3 nitrogen and oxygen atoms in total. The number of carbonyl (C=O) groups excluding carboxylic acids is 1. The molecule has 1 atom stereocenters. The average Bonchev–Trinajstić information content (AvgIpc) is 2.82. The van der Waals surface area contributed by atoms with Gasteiger partial charge in [-0.3, -0.25) is 9.69 Å². The molecule has 0 radical (unpaired) electrons. The molecule has 1 amide bonds. The monoisotopic (exact) mass is 328 g/mol. The smallest absolute Gasteiger partial charge is 0.326 e. The number of amides is 1. The summed E-state index contributed by atoms with van der Waals surface area (Å²) in [7, 11) is 0. The molecule has 1 saturated heterocycles. The zero-order chi connectivity index (χ0) is 17.1. The van der Waals surface area contributed by atoms with Crippen molar-refractivity contribution in [3.8, 4) is 0 Å². The number of hydrogen-bond donors (Lipinski definition) is 1. The molecule has 1 aromatic carbocycles. The zero-order valence-corrected chi connectivity index (χ0v) is 13.5. The van der Waals surface area contributed by atoms with Gasteiger partial charge in [-0.25, -0.2) is 0 Å². The summed E-state index contributed by atoms with van der Waals surface area (Å²) in [5.74, 6) is -0.195. The fourth-order valence-electron chi connectivity index (χ4n) is 3.50. The second-order valence-electron chi connectivity index (χ2n) is 6.19. The van der Waals surface area contributed by atoms with Crippen molar-refractivity contribution < 1.29 is 18.0 Å². The molecule has 1 aliphatic heterocycles. The third kappa shape index (κ3) is 3.86. The van der Waals surface area contributed by atoms with Crippen LogP contribution < -0.4 is 5.32 Å². The molecule has 2 rings (SSSR count). The SMILES string of the molecule is CCC[C@@]1(C(F)(F)F)CCCN1Cc1cccc(NC(C)=O)c1. The third-order valence-corrected chi connectivity index (χ3v) is 4.44. The molecule has 0 saturated carbocycles. The van der Waals surface area contributed by atoms with Gasteiger partial charge in [-0.15, -0.1) is 0 Å². The summed E-state index contributed by atoms with van der Waals surface area (Å²) < 4.78 is 41.1. The number of hydrogen-bond acceptors (Lipinski definition) is 2. The van der Waals surface area contributed by atoms with Crippen LogP contribution in [0.25, 0.3) is 0 Å². The van der Waals surface area contributed by atoms with Gasteiger partial charge in [0.25, 0.3) is 0 Å². The lowest BCUT2D eigenvalue weighted by molar-refractivity contribution is -0.227. The molecule has 23 heavy (non-hydrogen) atoms. The van der Waals surface area contributed by atoms with E-state index in [9.17, 15) is 18.0 Å². The number of rotatable bonds is 5. The predicted octanol–water partition coefficient (Wildman–Crippen LogP) is 4.34. The summed E-state index contributed by atoms with van der Waals surface area (Å²) in [4.78, 5) is 12.7. The van der Waals surface area contributed by atoms with Crippen molar-refractivity contribution in [2.45, 2.75) is 57.8 Å². The van der Waals surface area contributed by atoms with Crippen LogP contribution in [0.1, 0.15) is 45.1 Å². The Morgan fingerprint density at radius 2 is 2.13 bits per heavy atom. The lowest BCUT2D eigenvalue weighted by Gasteiger charge is -2.40. The van der Waals surface area contributed by atoms with E-state index in [-0.39, 0.29) is 25.3 Å². The topological polar surface area (TPSA) is 32.3 Å². The van der Waals surface area contributed by atoms with Crippen LogP contribution in [0.4, 0.5) is 18.9 Å². The number of likely N-dealkylation sites (tertiary alicyclic amines) is 1. The molecule has 1 heterocycles. The van der Waals surface area contributed by atoms with E-state index in [1.165, 1.54) is 6.92 Å². The van der Waals surface area contributed by atoms with Crippen LogP contribution >= 0.6 is 0 Å². The Labute approximate surface area is 134 Å². The van der Waals surface area contributed by atoms with Gasteiger partial charge in [0, 0.05) is 19.2 Å². The number of carbonyl (C=O) groups is 1. The first-order chi connectivity index (χ1) is 10.8. The number of nitrogens with zero attached hydrogens (tertiary/aromatic N) is 1. The van der Waals surface area contributed by atoms with E-state index in [4.69, 9.17) is 0 Å². The molecule has 1 N–H and O–H groups in total. The molecular formula is C17H23F3N2O. The standard InChI is InChI=1S/C17H23F3N2O/c1-3-8-16(17(18,19)20)9-5-10-22(16)12-14-6-4-7-15(11-14)21-13(2)23/h4,6-7,11H,3,5,8-10,12H2,1-2H3,(H,21,23)/t16-/m0/s1. The number of alkyl halides is 3. The second-order valence-corrected chi connectivity index (χ2v) is 6.19. The molecular weight excluding hydrogens is 305 g/mol. The highest BCUT2D eigenvalue weighted by atomic mass is 19.4. The van der Waals surface area contributed by atoms with E-state index < -0.39 is 11.7 Å². The van der Waals surface area contributed by atoms with Crippen LogP contribution in [-0.2, 0) is 11.3 Å². The minimum Gasteiger partial charge on any atom is -0.326 e. The van der Waals surface area contributed by atoms with E-state index in [1.807, 2.05) is 0 Å². The van der Waals surface area contributed by atoms with Gasteiger partial charge in [-0.2, -0.15) is 13.2 Å². The average molecular weight is 328 g/mol. The molecule has 0 bridgehead atoms. The van der Waals surface area contributed by atoms with Gasteiger partial charge in [-0.1, -0.05) is 25.5 Å². The fourth-order valence-corrected chi connectivity index (χ4v) is 3.50. The molecule has 1 aromatic rings. The van der Waals surface area contributed by atoms with Gasteiger partial charge in [0.2, 0.25) is 5.91 Å². The molecule has 6 heteroatoms. The first-order valence-corrected chi connectivity index (χ1v) is 7.97. The predicted molar refractivity (Wildman–Crippen MR) is 84.1 cm³/mol. The third-order valence-electron chi connectivity index (χ3n) is 4.44. The van der Waals surface area contributed by atoms with Crippen LogP contribution in [0, 0.1) is 0 Å². The van der Waals surface area contributed by atoms with Gasteiger partial charge in [0.05, 0.1) is 0 Å². The second kappa shape index (κ2) is 6.91. The maximum atomic E-state index is 13.7. The lowest BCUT2D eigenvalue weighted by atomic mass is 9.89. The zero-order valence-electron chi connectivity index (χ0n) is 13.5. The largest absolute Gasteiger partial charge is 0.406 e. The summed E-state index contributed by atoms with van der Waals surface area (Å²) in [5.41, 5.74) is -0.323. The van der Waals surface area contributed by atoms with Crippen LogP contribution in [-0.4, -0.2) is 29.1 Å². The van der Waals surface area contributed by atoms with E-state index in [0.29, 0.717) is 25.1 Å². The number of nitrogens with one attached hydrogen (secondary N) is 1. The van der Waals surface area contributed by atoms with Gasteiger partial charge < -0.3 is 5.32 Å². The maximum absolute atomic E-state index is 13.7. The van der Waals surface area contributed by atoms with Crippen molar-refractivity contribution in [3.63, 3.8) is 0 Å². The Kier molecular flexibility index (Phi) is 5.34.